The molecule has 0 spiro atoms. The van der Waals surface area contributed by atoms with Crippen LogP contribution in [0.2, 0.25) is 0 Å². The second kappa shape index (κ2) is 4.48. The van der Waals surface area contributed by atoms with E-state index in [0.29, 0.717) is 12.1 Å². The van der Waals surface area contributed by atoms with Crippen LogP contribution in [-0.2, 0) is 4.74 Å². The van der Waals surface area contributed by atoms with Crippen LogP contribution >= 0.6 is 0 Å². The number of nitrogens with one attached hydrogen (secondary N) is 1. The highest BCUT2D eigenvalue weighted by atomic mass is 16.6. The fourth-order valence-electron chi connectivity index (χ4n) is 2.43. The van der Waals surface area contributed by atoms with Crippen LogP contribution in [0.3, 0.4) is 0 Å². The molecule has 2 fully saturated rings. The Kier molecular flexibility index (Phi) is 3.34. The zero-order valence-corrected chi connectivity index (χ0v) is 11.3. The van der Waals surface area contributed by atoms with E-state index in [-0.39, 0.29) is 11.7 Å². The lowest BCUT2D eigenvalue weighted by Crippen LogP contribution is -2.63. The summed E-state index contributed by atoms with van der Waals surface area (Å²) >= 11 is 0. The monoisotopic (exact) mass is 240 g/mol. The smallest absolute Gasteiger partial charge is 0.410 e. The van der Waals surface area contributed by atoms with E-state index in [1.807, 2.05) is 20.8 Å². The molecule has 1 heterocycles. The van der Waals surface area contributed by atoms with Crippen LogP contribution in [0.5, 0.6) is 0 Å². The van der Waals surface area contributed by atoms with Gasteiger partial charge in [-0.05, 0) is 39.5 Å². The van der Waals surface area contributed by atoms with Crippen molar-refractivity contribution in [2.24, 2.45) is 5.92 Å². The molecule has 1 aliphatic heterocycles. The van der Waals surface area contributed by atoms with E-state index in [9.17, 15) is 4.79 Å². The first kappa shape index (κ1) is 12.7. The molecule has 2 aliphatic rings. The maximum Gasteiger partial charge on any atom is 0.410 e. The number of carbonyl (C=O) groups excluding carboxylic acids is 1. The van der Waals surface area contributed by atoms with E-state index in [1.54, 1.807) is 4.90 Å². The van der Waals surface area contributed by atoms with Gasteiger partial charge in [-0.3, -0.25) is 0 Å². The molecular weight excluding hydrogens is 216 g/mol. The van der Waals surface area contributed by atoms with Gasteiger partial charge in [0.05, 0.1) is 0 Å². The van der Waals surface area contributed by atoms with Crippen molar-refractivity contribution in [3.05, 3.63) is 0 Å². The summed E-state index contributed by atoms with van der Waals surface area (Å²) in [6.45, 7) is 9.56. The molecule has 1 N–H and O–H groups in total. The minimum absolute atomic E-state index is 0.183. The molecule has 0 radical (unpaired) electrons. The molecule has 0 aromatic heterocycles. The van der Waals surface area contributed by atoms with Gasteiger partial charge in [-0.15, -0.1) is 0 Å². The molecule has 1 saturated heterocycles. The maximum absolute atomic E-state index is 11.7. The Labute approximate surface area is 104 Å². The van der Waals surface area contributed by atoms with Crippen molar-refractivity contribution in [2.45, 2.75) is 58.2 Å². The van der Waals surface area contributed by atoms with Crippen LogP contribution < -0.4 is 5.32 Å². The fourth-order valence-corrected chi connectivity index (χ4v) is 2.43. The second-order valence-electron chi connectivity index (χ2n) is 6.52. The number of rotatable bonds is 2. The Morgan fingerprint density at radius 2 is 1.82 bits per heavy atom. The highest BCUT2D eigenvalue weighted by Gasteiger charge is 2.36. The minimum Gasteiger partial charge on any atom is -0.444 e. The van der Waals surface area contributed by atoms with Crippen LogP contribution in [0, 0.1) is 5.92 Å². The third kappa shape index (κ3) is 3.35. The van der Waals surface area contributed by atoms with Crippen molar-refractivity contribution < 1.29 is 9.53 Å². The van der Waals surface area contributed by atoms with E-state index in [1.165, 1.54) is 12.8 Å². The van der Waals surface area contributed by atoms with Gasteiger partial charge in [-0.2, -0.15) is 0 Å². The van der Waals surface area contributed by atoms with E-state index < -0.39 is 0 Å². The van der Waals surface area contributed by atoms with Gasteiger partial charge in [0.15, 0.2) is 0 Å². The van der Waals surface area contributed by atoms with Gasteiger partial charge in [0.1, 0.15) is 5.60 Å². The van der Waals surface area contributed by atoms with Crippen LogP contribution in [0.4, 0.5) is 4.79 Å². The molecular formula is C13H24N2O2. The van der Waals surface area contributed by atoms with Gasteiger partial charge in [0.25, 0.3) is 0 Å². The summed E-state index contributed by atoms with van der Waals surface area (Å²) in [4.78, 5) is 13.5. The van der Waals surface area contributed by atoms with Crippen LogP contribution in [0.25, 0.3) is 0 Å². The SMILES string of the molecule is CC1CC(NC2CN(C(=O)OC(C)(C)C)C2)C1. The summed E-state index contributed by atoms with van der Waals surface area (Å²) in [7, 11) is 0. The number of ether oxygens (including phenoxy) is 1. The van der Waals surface area contributed by atoms with E-state index in [4.69, 9.17) is 4.74 Å². The van der Waals surface area contributed by atoms with Crippen molar-refractivity contribution in [1.29, 1.82) is 0 Å². The summed E-state index contributed by atoms with van der Waals surface area (Å²) in [5.74, 6) is 0.870. The quantitative estimate of drug-likeness (QED) is 0.802. The largest absolute Gasteiger partial charge is 0.444 e. The lowest BCUT2D eigenvalue weighted by molar-refractivity contribution is 0.00199. The van der Waals surface area contributed by atoms with Gasteiger partial charge < -0.3 is 15.0 Å². The van der Waals surface area contributed by atoms with Crippen LogP contribution in [0.15, 0.2) is 0 Å². The molecule has 2 rings (SSSR count). The number of nitrogens with zero attached hydrogens (tertiary/aromatic N) is 1. The summed E-state index contributed by atoms with van der Waals surface area (Å²) in [5.41, 5.74) is -0.390. The second-order valence-corrected chi connectivity index (χ2v) is 6.52. The van der Waals surface area contributed by atoms with Gasteiger partial charge >= 0.3 is 6.09 Å². The highest BCUT2D eigenvalue weighted by Crippen LogP contribution is 2.27. The standard InChI is InChI=1S/C13H24N2O2/c1-9-5-10(6-9)14-11-7-15(8-11)12(16)17-13(2,3)4/h9-11,14H,5-8H2,1-4H3. The molecule has 0 aromatic carbocycles. The Bertz CT molecular complexity index is 286. The third-order valence-electron chi connectivity index (χ3n) is 3.38. The van der Waals surface area contributed by atoms with Crippen molar-refractivity contribution in [1.82, 2.24) is 10.2 Å². The average Bonchev–Trinajstić information content (AvgIpc) is 2.02. The molecule has 4 heteroatoms. The normalized spacial score (nSPS) is 29.5. The minimum atomic E-state index is -0.390. The molecule has 0 bridgehead atoms. The number of carbonyl (C=O) groups is 1. The summed E-state index contributed by atoms with van der Waals surface area (Å²) in [6, 6.07) is 1.15. The zero-order chi connectivity index (χ0) is 12.6. The first-order valence-electron chi connectivity index (χ1n) is 6.57. The van der Waals surface area contributed by atoms with Crippen LogP contribution in [-0.4, -0.2) is 41.8 Å². The van der Waals surface area contributed by atoms with Crippen LogP contribution in [0.1, 0.15) is 40.5 Å². The summed E-state index contributed by atoms with van der Waals surface area (Å²) < 4.78 is 5.31. The molecule has 1 aliphatic carbocycles. The molecule has 0 atom stereocenters. The summed E-state index contributed by atoms with van der Waals surface area (Å²) in [6.07, 6.45) is 2.38. The average molecular weight is 240 g/mol. The Hall–Kier alpha value is -0.770. The molecule has 4 nitrogen and oxygen atoms in total. The van der Waals surface area contributed by atoms with Crippen molar-refractivity contribution in [3.8, 4) is 0 Å². The third-order valence-corrected chi connectivity index (χ3v) is 3.38. The number of likely N-dealkylation sites (tertiary alicyclic amines) is 1. The Balaban J connectivity index is 1.63. The Morgan fingerprint density at radius 1 is 1.24 bits per heavy atom. The lowest BCUT2D eigenvalue weighted by atomic mass is 9.81. The first-order valence-corrected chi connectivity index (χ1v) is 6.57. The summed E-state index contributed by atoms with van der Waals surface area (Å²) in [5, 5.41) is 3.58. The predicted octanol–water partition coefficient (Wildman–Crippen LogP) is 1.99. The van der Waals surface area contributed by atoms with E-state index >= 15 is 0 Å². The van der Waals surface area contributed by atoms with Crippen molar-refractivity contribution >= 4 is 6.09 Å². The molecule has 17 heavy (non-hydrogen) atoms. The van der Waals surface area contributed by atoms with Gasteiger partial charge in [0.2, 0.25) is 0 Å². The van der Waals surface area contributed by atoms with Crippen molar-refractivity contribution in [3.63, 3.8) is 0 Å². The highest BCUT2D eigenvalue weighted by molar-refractivity contribution is 5.69. The van der Waals surface area contributed by atoms with Gasteiger partial charge in [0, 0.05) is 25.2 Å². The van der Waals surface area contributed by atoms with Gasteiger partial charge in [-0.25, -0.2) is 4.79 Å². The topological polar surface area (TPSA) is 41.6 Å². The number of hydrogen-bond donors (Lipinski definition) is 1. The van der Waals surface area contributed by atoms with Gasteiger partial charge in [-0.1, -0.05) is 6.92 Å². The van der Waals surface area contributed by atoms with Crippen molar-refractivity contribution in [2.75, 3.05) is 13.1 Å². The molecule has 1 saturated carbocycles. The lowest BCUT2D eigenvalue weighted by Gasteiger charge is -2.44. The number of hydrogen-bond acceptors (Lipinski definition) is 3. The predicted molar refractivity (Wildman–Crippen MR) is 66.9 cm³/mol. The number of amides is 1. The molecule has 0 unspecified atom stereocenters. The first-order chi connectivity index (χ1) is 7.83. The fraction of sp³-hybridized carbons (Fsp3) is 0.923. The molecule has 98 valence electrons. The molecule has 0 aromatic rings. The molecule has 1 amide bonds. The van der Waals surface area contributed by atoms with E-state index in [0.717, 1.165) is 19.0 Å². The van der Waals surface area contributed by atoms with E-state index in [2.05, 4.69) is 12.2 Å². The Morgan fingerprint density at radius 3 is 2.29 bits per heavy atom. The zero-order valence-electron chi connectivity index (χ0n) is 11.3. The maximum atomic E-state index is 11.7.